The molecular formula is C17H13ClN2O2. The van der Waals surface area contributed by atoms with Gasteiger partial charge in [0.2, 0.25) is 0 Å². The summed E-state index contributed by atoms with van der Waals surface area (Å²) in [5, 5.41) is 1.36. The van der Waals surface area contributed by atoms with Crippen LogP contribution in [0.2, 0.25) is 5.15 Å². The normalized spacial score (nSPS) is 10.6. The third kappa shape index (κ3) is 2.87. The molecule has 1 heterocycles. The van der Waals surface area contributed by atoms with E-state index in [9.17, 15) is 4.79 Å². The molecule has 0 saturated heterocycles. The summed E-state index contributed by atoms with van der Waals surface area (Å²) in [5.41, 5.74) is 7.25. The van der Waals surface area contributed by atoms with Crippen LogP contribution in [0.3, 0.4) is 0 Å². The number of ether oxygens (including phenoxy) is 1. The van der Waals surface area contributed by atoms with Gasteiger partial charge < -0.3 is 10.5 Å². The van der Waals surface area contributed by atoms with Crippen LogP contribution < -0.4 is 10.5 Å². The molecule has 3 rings (SSSR count). The molecule has 3 aromatic rings. The van der Waals surface area contributed by atoms with Gasteiger partial charge in [-0.1, -0.05) is 41.9 Å². The van der Waals surface area contributed by atoms with Crippen molar-refractivity contribution < 1.29 is 9.53 Å². The molecule has 22 heavy (non-hydrogen) atoms. The van der Waals surface area contributed by atoms with Crippen LogP contribution in [0, 0.1) is 0 Å². The zero-order valence-electron chi connectivity index (χ0n) is 11.6. The zero-order chi connectivity index (χ0) is 15.5. The Kier molecular flexibility index (Phi) is 3.94. The number of hydrogen-bond acceptors (Lipinski definition) is 3. The number of pyridine rings is 1. The predicted molar refractivity (Wildman–Crippen MR) is 86.0 cm³/mol. The summed E-state index contributed by atoms with van der Waals surface area (Å²) in [5.74, 6) is -0.0995. The van der Waals surface area contributed by atoms with Crippen LogP contribution in [0.4, 0.5) is 0 Å². The van der Waals surface area contributed by atoms with E-state index in [-0.39, 0.29) is 6.61 Å². The highest BCUT2D eigenvalue weighted by Gasteiger charge is 2.10. The molecule has 0 aliphatic carbocycles. The number of fused-ring (bicyclic) bond motifs is 1. The summed E-state index contributed by atoms with van der Waals surface area (Å²) in [4.78, 5) is 15.7. The van der Waals surface area contributed by atoms with Crippen molar-refractivity contribution in [1.29, 1.82) is 0 Å². The lowest BCUT2D eigenvalue weighted by molar-refractivity contribution is 0.0996. The van der Waals surface area contributed by atoms with Crippen LogP contribution in [0.5, 0.6) is 5.75 Å². The number of para-hydroxylation sites is 2. The first-order valence-electron chi connectivity index (χ1n) is 6.71. The number of nitrogens with zero attached hydrogens (tertiary/aromatic N) is 1. The van der Waals surface area contributed by atoms with Gasteiger partial charge >= 0.3 is 0 Å². The Labute approximate surface area is 132 Å². The Morgan fingerprint density at radius 1 is 1.14 bits per heavy atom. The number of amides is 1. The van der Waals surface area contributed by atoms with Gasteiger partial charge in [0.15, 0.2) is 0 Å². The average Bonchev–Trinajstić information content (AvgIpc) is 2.53. The maximum absolute atomic E-state index is 11.4. The molecule has 0 unspecified atom stereocenters. The average molecular weight is 313 g/mol. The van der Waals surface area contributed by atoms with E-state index in [1.165, 1.54) is 0 Å². The highest BCUT2D eigenvalue weighted by atomic mass is 35.5. The van der Waals surface area contributed by atoms with Gasteiger partial charge in [0, 0.05) is 10.9 Å². The molecule has 0 bridgehead atoms. The standard InChI is InChI=1S/C17H13ClN2O2/c18-16-12(9-11-5-1-3-7-14(11)20-16)10-22-15-8-4-2-6-13(15)17(19)21/h1-9H,10H2,(H2,19,21). The van der Waals surface area contributed by atoms with Gasteiger partial charge in [-0.05, 0) is 24.3 Å². The van der Waals surface area contributed by atoms with E-state index in [2.05, 4.69) is 4.98 Å². The van der Waals surface area contributed by atoms with E-state index >= 15 is 0 Å². The fraction of sp³-hybridized carbons (Fsp3) is 0.0588. The molecular weight excluding hydrogens is 300 g/mol. The third-order valence-electron chi connectivity index (χ3n) is 3.29. The van der Waals surface area contributed by atoms with Gasteiger partial charge in [-0.15, -0.1) is 0 Å². The molecule has 2 N–H and O–H groups in total. The topological polar surface area (TPSA) is 65.2 Å². The number of hydrogen-bond donors (Lipinski definition) is 1. The quantitative estimate of drug-likeness (QED) is 0.749. The number of halogens is 1. The van der Waals surface area contributed by atoms with Crippen LogP contribution in [0.25, 0.3) is 10.9 Å². The molecule has 110 valence electrons. The molecule has 2 aromatic carbocycles. The first-order valence-corrected chi connectivity index (χ1v) is 7.09. The molecule has 0 aliphatic heterocycles. The SMILES string of the molecule is NC(=O)c1ccccc1OCc1cc2ccccc2nc1Cl. The van der Waals surface area contributed by atoms with Crippen molar-refractivity contribution >= 4 is 28.4 Å². The van der Waals surface area contributed by atoms with E-state index in [1.807, 2.05) is 30.3 Å². The Balaban J connectivity index is 1.88. The second kappa shape index (κ2) is 6.03. The summed E-state index contributed by atoms with van der Waals surface area (Å²) in [7, 11) is 0. The van der Waals surface area contributed by atoms with E-state index in [4.69, 9.17) is 22.1 Å². The monoisotopic (exact) mass is 312 g/mol. The van der Waals surface area contributed by atoms with Crippen LogP contribution in [0.15, 0.2) is 54.6 Å². The summed E-state index contributed by atoms with van der Waals surface area (Å²) >= 11 is 6.19. The molecule has 0 spiro atoms. The largest absolute Gasteiger partial charge is 0.488 e. The summed E-state index contributed by atoms with van der Waals surface area (Å²) < 4.78 is 5.69. The van der Waals surface area contributed by atoms with Crippen LogP contribution >= 0.6 is 11.6 Å². The van der Waals surface area contributed by atoms with Crippen molar-refractivity contribution in [3.8, 4) is 5.75 Å². The molecule has 5 heteroatoms. The minimum absolute atomic E-state index is 0.209. The summed E-state index contributed by atoms with van der Waals surface area (Å²) in [6, 6.07) is 16.5. The first-order chi connectivity index (χ1) is 10.6. The molecule has 4 nitrogen and oxygen atoms in total. The third-order valence-corrected chi connectivity index (χ3v) is 3.61. The molecule has 0 aliphatic rings. The zero-order valence-corrected chi connectivity index (χ0v) is 12.4. The number of aromatic nitrogens is 1. The fourth-order valence-corrected chi connectivity index (χ4v) is 2.39. The molecule has 0 atom stereocenters. The van der Waals surface area contributed by atoms with Crippen molar-refractivity contribution in [2.45, 2.75) is 6.61 Å². The van der Waals surface area contributed by atoms with Crippen molar-refractivity contribution in [2.75, 3.05) is 0 Å². The number of carbonyl (C=O) groups excluding carboxylic acids is 1. The molecule has 0 radical (unpaired) electrons. The van der Waals surface area contributed by atoms with E-state index < -0.39 is 5.91 Å². The maximum atomic E-state index is 11.4. The molecule has 1 aromatic heterocycles. The number of carbonyl (C=O) groups is 1. The van der Waals surface area contributed by atoms with Crippen LogP contribution in [0.1, 0.15) is 15.9 Å². The second-order valence-corrected chi connectivity index (χ2v) is 5.14. The summed E-state index contributed by atoms with van der Waals surface area (Å²) in [6.45, 7) is 0.209. The second-order valence-electron chi connectivity index (χ2n) is 4.78. The van der Waals surface area contributed by atoms with Gasteiger partial charge in [0.1, 0.15) is 17.5 Å². The van der Waals surface area contributed by atoms with Gasteiger partial charge in [0.25, 0.3) is 5.91 Å². The fourth-order valence-electron chi connectivity index (χ4n) is 2.19. The molecule has 1 amide bonds. The Hall–Kier alpha value is -2.59. The van der Waals surface area contributed by atoms with Crippen molar-refractivity contribution in [2.24, 2.45) is 5.73 Å². The van der Waals surface area contributed by atoms with Crippen molar-refractivity contribution in [1.82, 2.24) is 4.98 Å². The van der Waals surface area contributed by atoms with Gasteiger partial charge in [-0.2, -0.15) is 0 Å². The number of rotatable bonds is 4. The first kappa shape index (κ1) is 14.4. The lowest BCUT2D eigenvalue weighted by Gasteiger charge is -2.11. The minimum Gasteiger partial charge on any atom is -0.488 e. The Morgan fingerprint density at radius 3 is 2.68 bits per heavy atom. The van der Waals surface area contributed by atoms with E-state index in [0.717, 1.165) is 16.5 Å². The van der Waals surface area contributed by atoms with Crippen molar-refractivity contribution in [3.05, 3.63) is 70.9 Å². The lowest BCUT2D eigenvalue weighted by atomic mass is 10.1. The van der Waals surface area contributed by atoms with Gasteiger partial charge in [-0.25, -0.2) is 4.98 Å². The smallest absolute Gasteiger partial charge is 0.252 e. The highest BCUT2D eigenvalue weighted by Crippen LogP contribution is 2.23. The number of benzene rings is 2. The number of nitrogens with two attached hydrogens (primary N) is 1. The maximum Gasteiger partial charge on any atom is 0.252 e. The number of primary amides is 1. The van der Waals surface area contributed by atoms with Crippen LogP contribution in [-0.4, -0.2) is 10.9 Å². The molecule has 0 saturated carbocycles. The van der Waals surface area contributed by atoms with E-state index in [0.29, 0.717) is 16.5 Å². The predicted octanol–water partition coefficient (Wildman–Crippen LogP) is 3.57. The minimum atomic E-state index is -0.529. The highest BCUT2D eigenvalue weighted by molar-refractivity contribution is 6.30. The summed E-state index contributed by atoms with van der Waals surface area (Å²) in [6.07, 6.45) is 0. The molecule has 0 fully saturated rings. The van der Waals surface area contributed by atoms with Crippen LogP contribution in [-0.2, 0) is 6.61 Å². The van der Waals surface area contributed by atoms with Gasteiger partial charge in [0.05, 0.1) is 11.1 Å². The van der Waals surface area contributed by atoms with Crippen molar-refractivity contribution in [3.63, 3.8) is 0 Å². The van der Waals surface area contributed by atoms with E-state index in [1.54, 1.807) is 24.3 Å². The Bertz CT molecular complexity index is 849. The van der Waals surface area contributed by atoms with Gasteiger partial charge in [-0.3, -0.25) is 4.79 Å². The Morgan fingerprint density at radius 2 is 1.86 bits per heavy atom. The lowest BCUT2D eigenvalue weighted by Crippen LogP contribution is -2.13.